The fourth-order valence-electron chi connectivity index (χ4n) is 1.58. The zero-order valence-corrected chi connectivity index (χ0v) is 8.91. The van der Waals surface area contributed by atoms with Crippen molar-refractivity contribution in [1.29, 1.82) is 0 Å². The Kier molecular flexibility index (Phi) is 2.82. The third kappa shape index (κ3) is 2.16. The average molecular weight is 214 g/mol. The Bertz CT molecular complexity index is 484. The first kappa shape index (κ1) is 10.6. The van der Waals surface area contributed by atoms with E-state index < -0.39 is 5.82 Å². The van der Waals surface area contributed by atoms with Crippen LogP contribution in [0.3, 0.4) is 0 Å². The molecule has 0 saturated carbocycles. The van der Waals surface area contributed by atoms with Gasteiger partial charge in [0.25, 0.3) is 0 Å². The van der Waals surface area contributed by atoms with Crippen LogP contribution in [0, 0.1) is 12.7 Å². The van der Waals surface area contributed by atoms with Gasteiger partial charge in [0.1, 0.15) is 5.82 Å². The van der Waals surface area contributed by atoms with E-state index in [0.29, 0.717) is 11.1 Å². The van der Waals surface area contributed by atoms with E-state index in [1.165, 1.54) is 12.1 Å². The minimum absolute atomic E-state index is 0.150. The molecule has 0 spiro atoms. The van der Waals surface area contributed by atoms with Crippen LogP contribution in [0.15, 0.2) is 48.5 Å². The maximum atomic E-state index is 13.0. The Morgan fingerprint density at radius 1 is 1.00 bits per heavy atom. The molecule has 0 bridgehead atoms. The van der Waals surface area contributed by atoms with E-state index in [-0.39, 0.29) is 5.78 Å². The molecule has 16 heavy (non-hydrogen) atoms. The minimum atomic E-state index is -0.390. The second kappa shape index (κ2) is 4.27. The topological polar surface area (TPSA) is 17.1 Å². The molecule has 2 rings (SSSR count). The number of halogens is 1. The number of rotatable bonds is 2. The second-order valence-corrected chi connectivity index (χ2v) is 3.71. The monoisotopic (exact) mass is 214 g/mol. The van der Waals surface area contributed by atoms with E-state index in [0.717, 1.165) is 5.56 Å². The molecule has 2 aromatic rings. The summed E-state index contributed by atoms with van der Waals surface area (Å²) >= 11 is 0. The molecule has 2 aromatic carbocycles. The summed E-state index contributed by atoms with van der Waals surface area (Å²) < 4.78 is 13.0. The summed E-state index contributed by atoms with van der Waals surface area (Å²) in [5.74, 6) is -0.540. The molecule has 1 nitrogen and oxygen atoms in total. The minimum Gasteiger partial charge on any atom is -0.289 e. The number of aryl methyl sites for hydroxylation is 1. The molecule has 80 valence electrons. The number of carbonyl (C=O) groups excluding carboxylic acids is 1. The Morgan fingerprint density at radius 3 is 2.25 bits per heavy atom. The average Bonchev–Trinajstić information content (AvgIpc) is 2.28. The summed E-state index contributed by atoms with van der Waals surface area (Å²) in [6.07, 6.45) is 0. The quantitative estimate of drug-likeness (QED) is 0.700. The van der Waals surface area contributed by atoms with E-state index in [9.17, 15) is 9.18 Å². The van der Waals surface area contributed by atoms with Gasteiger partial charge >= 0.3 is 0 Å². The number of ketones is 1. The normalized spacial score (nSPS) is 10.1. The van der Waals surface area contributed by atoms with Crippen LogP contribution in [0.25, 0.3) is 0 Å². The third-order valence-corrected chi connectivity index (χ3v) is 2.37. The lowest BCUT2D eigenvalue weighted by Gasteiger charge is -2.02. The molecule has 0 aliphatic heterocycles. The maximum Gasteiger partial charge on any atom is 0.193 e. The zero-order chi connectivity index (χ0) is 11.5. The van der Waals surface area contributed by atoms with Crippen molar-refractivity contribution in [2.75, 3.05) is 0 Å². The lowest BCUT2D eigenvalue weighted by atomic mass is 10.0. The van der Waals surface area contributed by atoms with Gasteiger partial charge in [-0.15, -0.1) is 0 Å². The molecule has 0 amide bonds. The van der Waals surface area contributed by atoms with Gasteiger partial charge in [0.2, 0.25) is 0 Å². The Labute approximate surface area is 93.5 Å². The Balaban J connectivity index is 2.39. The van der Waals surface area contributed by atoms with E-state index in [4.69, 9.17) is 0 Å². The van der Waals surface area contributed by atoms with Crippen LogP contribution in [-0.4, -0.2) is 5.78 Å². The van der Waals surface area contributed by atoms with Gasteiger partial charge in [0.05, 0.1) is 0 Å². The van der Waals surface area contributed by atoms with Gasteiger partial charge in [-0.25, -0.2) is 4.39 Å². The van der Waals surface area contributed by atoms with Crippen molar-refractivity contribution in [1.82, 2.24) is 0 Å². The van der Waals surface area contributed by atoms with Gasteiger partial charge in [0, 0.05) is 11.1 Å². The molecule has 0 aromatic heterocycles. The molecule has 0 fully saturated rings. The van der Waals surface area contributed by atoms with Crippen molar-refractivity contribution in [3.8, 4) is 0 Å². The van der Waals surface area contributed by atoms with Gasteiger partial charge in [-0.2, -0.15) is 0 Å². The van der Waals surface area contributed by atoms with Gasteiger partial charge < -0.3 is 0 Å². The van der Waals surface area contributed by atoms with Crippen molar-refractivity contribution in [2.24, 2.45) is 0 Å². The van der Waals surface area contributed by atoms with Crippen LogP contribution >= 0.6 is 0 Å². The lowest BCUT2D eigenvalue weighted by molar-refractivity contribution is 0.103. The Hall–Kier alpha value is -1.96. The number of carbonyl (C=O) groups is 1. The van der Waals surface area contributed by atoms with Crippen molar-refractivity contribution in [2.45, 2.75) is 6.92 Å². The van der Waals surface area contributed by atoms with Crippen LogP contribution in [0.5, 0.6) is 0 Å². The largest absolute Gasteiger partial charge is 0.289 e. The van der Waals surface area contributed by atoms with Crippen LogP contribution in [0.4, 0.5) is 4.39 Å². The zero-order valence-electron chi connectivity index (χ0n) is 8.91. The van der Waals surface area contributed by atoms with Crippen LogP contribution < -0.4 is 0 Å². The van der Waals surface area contributed by atoms with Crippen molar-refractivity contribution in [3.05, 3.63) is 71.0 Å². The standard InChI is InChI=1S/C14H11FO/c1-10-4-2-5-11(8-10)14(16)12-6-3-7-13(15)9-12/h2-9H,1H3. The molecule has 0 aliphatic rings. The molecule has 0 unspecified atom stereocenters. The summed E-state index contributed by atoms with van der Waals surface area (Å²) in [4.78, 5) is 12.0. The highest BCUT2D eigenvalue weighted by atomic mass is 19.1. The van der Waals surface area contributed by atoms with E-state index in [1.807, 2.05) is 19.1 Å². The highest BCUT2D eigenvalue weighted by molar-refractivity contribution is 6.09. The first-order valence-corrected chi connectivity index (χ1v) is 5.04. The molecular weight excluding hydrogens is 203 g/mol. The molecule has 0 atom stereocenters. The van der Waals surface area contributed by atoms with Crippen molar-refractivity contribution in [3.63, 3.8) is 0 Å². The van der Waals surface area contributed by atoms with Gasteiger partial charge in [-0.3, -0.25) is 4.79 Å². The molecule has 2 heteroatoms. The van der Waals surface area contributed by atoms with Gasteiger partial charge in [-0.1, -0.05) is 35.9 Å². The molecular formula is C14H11FO. The third-order valence-electron chi connectivity index (χ3n) is 2.37. The van der Waals surface area contributed by atoms with Crippen molar-refractivity contribution < 1.29 is 9.18 Å². The molecule has 0 saturated heterocycles. The summed E-state index contributed by atoms with van der Waals surface area (Å²) in [5, 5.41) is 0. The smallest absolute Gasteiger partial charge is 0.193 e. The summed E-state index contributed by atoms with van der Waals surface area (Å²) in [6, 6.07) is 13.0. The first-order valence-electron chi connectivity index (χ1n) is 5.04. The predicted octanol–water partition coefficient (Wildman–Crippen LogP) is 3.37. The lowest BCUT2D eigenvalue weighted by Crippen LogP contribution is -2.01. The van der Waals surface area contributed by atoms with E-state index in [1.54, 1.807) is 24.3 Å². The molecule has 0 N–H and O–H groups in total. The summed E-state index contributed by atoms with van der Waals surface area (Å²) in [5.41, 5.74) is 1.98. The van der Waals surface area contributed by atoms with Gasteiger partial charge in [0.15, 0.2) is 5.78 Å². The highest BCUT2D eigenvalue weighted by Crippen LogP contribution is 2.12. The number of hydrogen-bond donors (Lipinski definition) is 0. The predicted molar refractivity (Wildman–Crippen MR) is 61.0 cm³/mol. The van der Waals surface area contributed by atoms with Crippen LogP contribution in [0.1, 0.15) is 21.5 Å². The van der Waals surface area contributed by atoms with E-state index in [2.05, 4.69) is 0 Å². The molecule has 0 heterocycles. The fourth-order valence-corrected chi connectivity index (χ4v) is 1.58. The molecule has 0 aliphatic carbocycles. The van der Waals surface area contributed by atoms with E-state index >= 15 is 0 Å². The number of hydrogen-bond acceptors (Lipinski definition) is 1. The SMILES string of the molecule is Cc1cccc(C(=O)c2cccc(F)c2)c1. The first-order chi connectivity index (χ1) is 7.66. The van der Waals surface area contributed by atoms with Crippen LogP contribution in [-0.2, 0) is 0 Å². The molecule has 0 radical (unpaired) electrons. The van der Waals surface area contributed by atoms with Crippen molar-refractivity contribution >= 4 is 5.78 Å². The fraction of sp³-hybridized carbons (Fsp3) is 0.0714. The number of benzene rings is 2. The Morgan fingerprint density at radius 2 is 1.62 bits per heavy atom. The maximum absolute atomic E-state index is 13.0. The summed E-state index contributed by atoms with van der Waals surface area (Å²) in [6.45, 7) is 1.92. The van der Waals surface area contributed by atoms with Crippen LogP contribution in [0.2, 0.25) is 0 Å². The highest BCUT2D eigenvalue weighted by Gasteiger charge is 2.09. The summed E-state index contributed by atoms with van der Waals surface area (Å²) in [7, 11) is 0. The van der Waals surface area contributed by atoms with Gasteiger partial charge in [-0.05, 0) is 25.1 Å². The second-order valence-electron chi connectivity index (χ2n) is 3.71.